The third-order valence-electron chi connectivity index (χ3n) is 12.3. The van der Waals surface area contributed by atoms with Crippen LogP contribution in [0.1, 0.15) is 77.7 Å². The lowest BCUT2D eigenvalue weighted by Gasteiger charge is -2.59. The Bertz CT molecular complexity index is 1650. The van der Waals surface area contributed by atoms with Crippen molar-refractivity contribution in [3.63, 3.8) is 0 Å². The number of amides is 2. The second-order valence-corrected chi connectivity index (χ2v) is 14.6. The van der Waals surface area contributed by atoms with E-state index in [1.807, 2.05) is 24.3 Å². The first-order chi connectivity index (χ1) is 22.4. The predicted octanol–water partition coefficient (Wildman–Crippen LogP) is 4.05. The van der Waals surface area contributed by atoms with Crippen LogP contribution in [0.5, 0.6) is 0 Å². The fourth-order valence-electron chi connectivity index (χ4n) is 9.61. The van der Waals surface area contributed by atoms with Gasteiger partial charge < -0.3 is 30.7 Å². The minimum atomic E-state index is -1.21. The number of H-pyrrole nitrogens is 1. The Morgan fingerprint density at radius 2 is 1.81 bits per heavy atom. The summed E-state index contributed by atoms with van der Waals surface area (Å²) in [5.74, 6) is -1.08. The van der Waals surface area contributed by atoms with E-state index in [0.29, 0.717) is 24.2 Å². The number of allylic oxidation sites excluding steroid dienone is 2. The third-order valence-corrected chi connectivity index (χ3v) is 12.3. The van der Waals surface area contributed by atoms with Crippen LogP contribution in [0.4, 0.5) is 0 Å². The zero-order valence-corrected chi connectivity index (χ0v) is 27.4. The number of ketones is 1. The van der Waals surface area contributed by atoms with E-state index in [2.05, 4.69) is 40.7 Å². The Kier molecular flexibility index (Phi) is 8.80. The highest BCUT2D eigenvalue weighted by Gasteiger charge is 2.65. The second kappa shape index (κ2) is 12.6. The molecular weight excluding hydrogens is 600 g/mol. The number of oxime groups is 1. The summed E-state index contributed by atoms with van der Waals surface area (Å²) in [5.41, 5.74) is 2.27. The van der Waals surface area contributed by atoms with Crippen molar-refractivity contribution >= 4 is 40.2 Å². The number of carboxylic acids is 1. The molecule has 3 fully saturated rings. The first-order valence-corrected chi connectivity index (χ1v) is 16.8. The van der Waals surface area contributed by atoms with Crippen LogP contribution in [0, 0.1) is 28.6 Å². The van der Waals surface area contributed by atoms with Gasteiger partial charge in [-0.25, -0.2) is 4.79 Å². The molecule has 0 saturated heterocycles. The van der Waals surface area contributed by atoms with Crippen molar-refractivity contribution in [2.45, 2.75) is 90.2 Å². The molecule has 1 heterocycles. The number of hydrogen-bond donors (Lipinski definition) is 5. The van der Waals surface area contributed by atoms with Crippen LogP contribution in [0.25, 0.3) is 10.9 Å². The average molecular weight is 647 g/mol. The Morgan fingerprint density at radius 1 is 1.04 bits per heavy atom. The zero-order valence-electron chi connectivity index (χ0n) is 27.4. The van der Waals surface area contributed by atoms with E-state index in [4.69, 9.17) is 4.84 Å². The summed E-state index contributed by atoms with van der Waals surface area (Å²) in [6.45, 7) is 5.29. The van der Waals surface area contributed by atoms with Gasteiger partial charge in [-0.1, -0.05) is 42.8 Å². The predicted molar refractivity (Wildman–Crippen MR) is 175 cm³/mol. The van der Waals surface area contributed by atoms with Crippen molar-refractivity contribution in [3.8, 4) is 0 Å². The molecule has 0 aliphatic heterocycles. The maximum absolute atomic E-state index is 12.5. The average Bonchev–Trinajstić information content (AvgIpc) is 3.58. The smallest absolute Gasteiger partial charge is 0.326 e. The van der Waals surface area contributed by atoms with Crippen LogP contribution in [0.3, 0.4) is 0 Å². The molecule has 1 aromatic heterocycles. The summed E-state index contributed by atoms with van der Waals surface area (Å²) in [5, 5.41) is 31.1. The minimum absolute atomic E-state index is 0.0347. The van der Waals surface area contributed by atoms with E-state index in [1.165, 1.54) is 12.5 Å². The standard InChI is InChI=1S/C36H46N4O7/c1-21(41)36(46)15-12-28-26-9-8-23-17-24(10-13-34(23,2)27(26)11-14-35(28,36)3)40-47-20-32(43)38-19-31(42)39-30(33(44)45)16-22-18-37-29-7-5-4-6-25(22)29/h4-7,17-18,26-28,30,37,46H,8-16,19-20H2,1-3H3,(H,38,43)(H,39,42)(H,44,45)/b40-24+/t26-,27+,28+,30-,34+,35+,36+/m1/s1. The van der Waals surface area contributed by atoms with Crippen molar-refractivity contribution < 1.29 is 34.2 Å². The number of nitrogens with one attached hydrogen (secondary N) is 3. The van der Waals surface area contributed by atoms with Crippen molar-refractivity contribution in [1.29, 1.82) is 0 Å². The van der Waals surface area contributed by atoms with Gasteiger partial charge in [0, 0.05) is 28.9 Å². The molecule has 0 spiro atoms. The van der Waals surface area contributed by atoms with Gasteiger partial charge in [0.25, 0.3) is 5.91 Å². The Morgan fingerprint density at radius 3 is 2.57 bits per heavy atom. The first-order valence-electron chi connectivity index (χ1n) is 16.8. The molecule has 1 aromatic carbocycles. The molecule has 0 unspecified atom stereocenters. The number of aliphatic carboxylic acids is 1. The number of Topliss-reactive ketones (excluding diaryl/α,β-unsaturated/α-hetero) is 1. The quantitative estimate of drug-likeness (QED) is 0.243. The number of para-hydroxylation sites is 1. The highest BCUT2D eigenvalue weighted by molar-refractivity contribution is 5.96. The number of aromatic amines is 1. The fourth-order valence-corrected chi connectivity index (χ4v) is 9.61. The van der Waals surface area contributed by atoms with Gasteiger partial charge in [-0.3, -0.25) is 14.4 Å². The van der Waals surface area contributed by atoms with Crippen LogP contribution < -0.4 is 10.6 Å². The van der Waals surface area contributed by atoms with Gasteiger partial charge in [-0.05, 0) is 99.2 Å². The minimum Gasteiger partial charge on any atom is -0.480 e. The van der Waals surface area contributed by atoms with Gasteiger partial charge in [0.1, 0.15) is 11.6 Å². The SMILES string of the molecule is CC(=O)[C@@]1(O)CC[C@H]2[C@@H]3CCC4=C/C(=N/OCC(=O)NCC(=O)N[C@H](Cc5c[nH]c6ccccc56)C(=O)O)CC[C@]4(C)[C@H]3CC[C@@]21C. The molecule has 4 aliphatic rings. The number of nitrogens with zero attached hydrogens (tertiary/aromatic N) is 1. The monoisotopic (exact) mass is 646 g/mol. The Balaban J connectivity index is 0.991. The molecule has 0 radical (unpaired) electrons. The third kappa shape index (κ3) is 5.87. The van der Waals surface area contributed by atoms with Gasteiger partial charge in [0.15, 0.2) is 12.4 Å². The normalized spacial score (nSPS) is 32.8. The molecule has 252 valence electrons. The van der Waals surface area contributed by atoms with Gasteiger partial charge in [0.05, 0.1) is 12.3 Å². The zero-order chi connectivity index (χ0) is 33.6. The number of carbonyl (C=O) groups excluding carboxylic acids is 3. The molecule has 11 heteroatoms. The highest BCUT2D eigenvalue weighted by Crippen LogP contribution is 2.67. The highest BCUT2D eigenvalue weighted by atomic mass is 16.6. The lowest BCUT2D eigenvalue weighted by molar-refractivity contribution is -0.159. The number of aromatic nitrogens is 1. The number of carboxylic acid groups (broad SMARTS) is 1. The van der Waals surface area contributed by atoms with E-state index >= 15 is 0 Å². The van der Waals surface area contributed by atoms with Crippen molar-refractivity contribution in [3.05, 3.63) is 47.7 Å². The van der Waals surface area contributed by atoms with Gasteiger partial charge in [-0.2, -0.15) is 0 Å². The number of carbonyl (C=O) groups is 4. The molecule has 3 saturated carbocycles. The largest absolute Gasteiger partial charge is 0.480 e. The molecular formula is C36H46N4O7. The topological polar surface area (TPSA) is 170 Å². The van der Waals surface area contributed by atoms with E-state index in [9.17, 15) is 29.4 Å². The summed E-state index contributed by atoms with van der Waals surface area (Å²) >= 11 is 0. The molecule has 6 rings (SSSR count). The first kappa shape index (κ1) is 32.9. The van der Waals surface area contributed by atoms with Crippen LogP contribution in [-0.4, -0.2) is 69.3 Å². The molecule has 47 heavy (non-hydrogen) atoms. The molecule has 11 nitrogen and oxygen atoms in total. The molecule has 0 bridgehead atoms. The summed E-state index contributed by atoms with van der Waals surface area (Å²) < 4.78 is 0. The number of fused-ring (bicyclic) bond motifs is 6. The van der Waals surface area contributed by atoms with E-state index in [0.717, 1.165) is 67.1 Å². The summed E-state index contributed by atoms with van der Waals surface area (Å²) in [7, 11) is 0. The van der Waals surface area contributed by atoms with Gasteiger partial charge in [-0.15, -0.1) is 0 Å². The molecule has 5 N–H and O–H groups in total. The summed E-state index contributed by atoms with van der Waals surface area (Å²) in [6.07, 6.45) is 10.9. The maximum Gasteiger partial charge on any atom is 0.326 e. The van der Waals surface area contributed by atoms with Crippen LogP contribution >= 0.6 is 0 Å². The van der Waals surface area contributed by atoms with Crippen LogP contribution in [-0.2, 0) is 30.4 Å². The molecule has 2 aromatic rings. The van der Waals surface area contributed by atoms with Crippen LogP contribution in [0.15, 0.2) is 47.3 Å². The lowest BCUT2D eigenvalue weighted by Crippen LogP contribution is -2.57. The van der Waals surface area contributed by atoms with Gasteiger partial charge >= 0.3 is 5.97 Å². The summed E-state index contributed by atoms with van der Waals surface area (Å²) in [6, 6.07) is 6.37. The second-order valence-electron chi connectivity index (χ2n) is 14.6. The summed E-state index contributed by atoms with van der Waals surface area (Å²) in [4.78, 5) is 57.7. The number of rotatable bonds is 10. The van der Waals surface area contributed by atoms with Crippen molar-refractivity contribution in [2.75, 3.05) is 13.2 Å². The van der Waals surface area contributed by atoms with Gasteiger partial charge in [0.2, 0.25) is 5.91 Å². The van der Waals surface area contributed by atoms with E-state index < -0.39 is 29.4 Å². The lowest BCUT2D eigenvalue weighted by atomic mass is 9.46. The van der Waals surface area contributed by atoms with Crippen LogP contribution in [0.2, 0.25) is 0 Å². The number of hydrogen-bond acceptors (Lipinski definition) is 7. The van der Waals surface area contributed by atoms with Crippen molar-refractivity contribution in [1.82, 2.24) is 15.6 Å². The number of benzene rings is 1. The molecule has 4 aliphatic carbocycles. The van der Waals surface area contributed by atoms with E-state index in [-0.39, 0.29) is 36.2 Å². The fraction of sp³-hybridized carbons (Fsp3) is 0.583. The Hall–Kier alpha value is -3.99. The number of aliphatic hydroxyl groups is 1. The van der Waals surface area contributed by atoms with Crippen molar-refractivity contribution in [2.24, 2.45) is 33.7 Å². The Labute approximate surface area is 274 Å². The molecule has 2 amide bonds. The maximum atomic E-state index is 12.5. The molecule has 7 atom stereocenters. The van der Waals surface area contributed by atoms with E-state index in [1.54, 1.807) is 6.20 Å².